The number of nitrogens with zero attached hydrogens (tertiary/aromatic N) is 1. The van der Waals surface area contributed by atoms with Gasteiger partial charge in [-0.05, 0) is 30.7 Å². The molecule has 2 N–H and O–H groups in total. The maximum Gasteiger partial charge on any atom is 0.228 e. The van der Waals surface area contributed by atoms with E-state index >= 15 is 0 Å². The van der Waals surface area contributed by atoms with Crippen LogP contribution in [-0.4, -0.2) is 16.1 Å². The molecule has 1 aromatic heterocycles. The number of carbonyl (C=O) groups is 1. The fourth-order valence-corrected chi connectivity index (χ4v) is 2.31. The van der Waals surface area contributed by atoms with Crippen molar-refractivity contribution >= 4 is 11.6 Å². The molecule has 0 atom stereocenters. The van der Waals surface area contributed by atoms with Crippen LogP contribution >= 0.6 is 0 Å². The van der Waals surface area contributed by atoms with Crippen molar-refractivity contribution in [1.29, 1.82) is 0 Å². The highest BCUT2D eigenvalue weighted by Crippen LogP contribution is 2.21. The Morgan fingerprint density at radius 2 is 1.91 bits per heavy atom. The number of aromatic nitrogens is 2. The number of hydrogen-bond donors (Lipinski definition) is 2. The van der Waals surface area contributed by atoms with Crippen LogP contribution in [0.15, 0.2) is 60.7 Å². The first-order valence-electron chi connectivity index (χ1n) is 7.17. The Labute approximate surface area is 129 Å². The zero-order valence-corrected chi connectivity index (χ0v) is 12.3. The van der Waals surface area contributed by atoms with Crippen molar-refractivity contribution in [2.75, 3.05) is 5.32 Å². The van der Waals surface area contributed by atoms with Crippen molar-refractivity contribution in [2.45, 2.75) is 13.3 Å². The maximum absolute atomic E-state index is 12.1. The van der Waals surface area contributed by atoms with Gasteiger partial charge in [0.2, 0.25) is 5.91 Å². The van der Waals surface area contributed by atoms with Gasteiger partial charge in [0.1, 0.15) is 0 Å². The van der Waals surface area contributed by atoms with E-state index in [9.17, 15) is 4.79 Å². The van der Waals surface area contributed by atoms with Crippen LogP contribution in [0.25, 0.3) is 11.3 Å². The Kier molecular flexibility index (Phi) is 4.01. The molecule has 0 saturated heterocycles. The van der Waals surface area contributed by atoms with E-state index in [-0.39, 0.29) is 5.91 Å². The van der Waals surface area contributed by atoms with Gasteiger partial charge in [-0.2, -0.15) is 5.10 Å². The van der Waals surface area contributed by atoms with Gasteiger partial charge in [0.05, 0.1) is 12.1 Å². The van der Waals surface area contributed by atoms with Crippen LogP contribution in [0.5, 0.6) is 0 Å². The molecule has 0 aliphatic carbocycles. The van der Waals surface area contributed by atoms with E-state index in [2.05, 4.69) is 15.5 Å². The number of carbonyl (C=O) groups excluding carboxylic acids is 1. The lowest BCUT2D eigenvalue weighted by Gasteiger charge is -2.06. The lowest BCUT2D eigenvalue weighted by molar-refractivity contribution is -0.115. The summed E-state index contributed by atoms with van der Waals surface area (Å²) >= 11 is 0. The van der Waals surface area contributed by atoms with Gasteiger partial charge in [-0.1, -0.05) is 42.5 Å². The number of H-pyrrole nitrogens is 1. The van der Waals surface area contributed by atoms with Crippen LogP contribution < -0.4 is 5.32 Å². The molecule has 4 nitrogen and oxygen atoms in total. The first-order valence-corrected chi connectivity index (χ1v) is 7.17. The molecule has 4 heteroatoms. The topological polar surface area (TPSA) is 57.8 Å². The summed E-state index contributed by atoms with van der Waals surface area (Å²) in [7, 11) is 0. The third kappa shape index (κ3) is 3.41. The summed E-state index contributed by atoms with van der Waals surface area (Å²) in [4.78, 5) is 12.1. The molecule has 0 fully saturated rings. The molecule has 2 aromatic carbocycles. The maximum atomic E-state index is 12.1. The average molecular weight is 291 g/mol. The quantitative estimate of drug-likeness (QED) is 0.772. The van der Waals surface area contributed by atoms with Gasteiger partial charge < -0.3 is 5.32 Å². The summed E-state index contributed by atoms with van der Waals surface area (Å²) in [6.45, 7) is 1.96. The average Bonchev–Trinajstić information content (AvgIpc) is 2.95. The van der Waals surface area contributed by atoms with Crippen molar-refractivity contribution in [3.05, 3.63) is 71.9 Å². The van der Waals surface area contributed by atoms with Crippen LogP contribution in [0.1, 0.15) is 11.3 Å². The van der Waals surface area contributed by atoms with E-state index < -0.39 is 0 Å². The lowest BCUT2D eigenvalue weighted by Crippen LogP contribution is -2.14. The van der Waals surface area contributed by atoms with Crippen LogP contribution in [0.2, 0.25) is 0 Å². The Bertz CT molecular complexity index is 778. The molecular weight excluding hydrogens is 274 g/mol. The normalized spacial score (nSPS) is 10.4. The standard InChI is InChI=1S/C18H17N3O/c1-13-10-17(21-20-13)15-8-5-9-16(12-15)19-18(22)11-14-6-3-2-4-7-14/h2-10,12H,11H2,1H3,(H,19,22)(H,20,21). The number of benzene rings is 2. The van der Waals surface area contributed by atoms with E-state index in [1.165, 1.54) is 0 Å². The SMILES string of the molecule is Cc1cc(-c2cccc(NC(=O)Cc3ccccc3)c2)n[nH]1. The molecule has 0 unspecified atom stereocenters. The van der Waals surface area contributed by atoms with Gasteiger partial charge in [-0.15, -0.1) is 0 Å². The van der Waals surface area contributed by atoms with E-state index in [4.69, 9.17) is 0 Å². The third-order valence-electron chi connectivity index (χ3n) is 3.36. The van der Waals surface area contributed by atoms with Crippen LogP contribution in [0, 0.1) is 6.92 Å². The zero-order chi connectivity index (χ0) is 15.4. The van der Waals surface area contributed by atoms with E-state index in [1.807, 2.05) is 67.6 Å². The largest absolute Gasteiger partial charge is 0.326 e. The number of hydrogen-bond acceptors (Lipinski definition) is 2. The number of rotatable bonds is 4. The first kappa shape index (κ1) is 14.1. The number of aryl methyl sites for hydroxylation is 1. The number of aromatic amines is 1. The van der Waals surface area contributed by atoms with Gasteiger partial charge >= 0.3 is 0 Å². The molecule has 1 amide bonds. The fraction of sp³-hybridized carbons (Fsp3) is 0.111. The van der Waals surface area contributed by atoms with E-state index in [0.717, 1.165) is 28.2 Å². The predicted molar refractivity (Wildman–Crippen MR) is 87.5 cm³/mol. The molecular formula is C18H17N3O. The molecule has 22 heavy (non-hydrogen) atoms. The molecule has 3 aromatic rings. The summed E-state index contributed by atoms with van der Waals surface area (Å²) in [5.74, 6) is -0.0263. The van der Waals surface area contributed by atoms with Gasteiger partial charge in [-0.3, -0.25) is 9.89 Å². The minimum Gasteiger partial charge on any atom is -0.326 e. The summed E-state index contributed by atoms with van der Waals surface area (Å²) in [5.41, 5.74) is 4.63. The number of anilines is 1. The fourth-order valence-electron chi connectivity index (χ4n) is 2.31. The molecule has 0 bridgehead atoms. The minimum atomic E-state index is -0.0263. The summed E-state index contributed by atoms with van der Waals surface area (Å²) in [5, 5.41) is 10.1. The van der Waals surface area contributed by atoms with Gasteiger partial charge in [0.15, 0.2) is 0 Å². The minimum absolute atomic E-state index is 0.0263. The van der Waals surface area contributed by atoms with Gasteiger partial charge in [0.25, 0.3) is 0 Å². The monoisotopic (exact) mass is 291 g/mol. The highest BCUT2D eigenvalue weighted by atomic mass is 16.1. The molecule has 0 radical (unpaired) electrons. The Balaban J connectivity index is 1.71. The molecule has 1 heterocycles. The van der Waals surface area contributed by atoms with Gasteiger partial charge in [0, 0.05) is 16.9 Å². The molecule has 3 rings (SSSR count). The summed E-state index contributed by atoms with van der Waals surface area (Å²) in [6, 6.07) is 19.4. The van der Waals surface area contributed by atoms with Crippen molar-refractivity contribution in [2.24, 2.45) is 0 Å². The molecule has 0 aliphatic heterocycles. The van der Waals surface area contributed by atoms with Crippen molar-refractivity contribution < 1.29 is 4.79 Å². The van der Waals surface area contributed by atoms with Gasteiger partial charge in [-0.25, -0.2) is 0 Å². The third-order valence-corrected chi connectivity index (χ3v) is 3.36. The van der Waals surface area contributed by atoms with Crippen molar-refractivity contribution in [3.63, 3.8) is 0 Å². The second-order valence-electron chi connectivity index (χ2n) is 5.23. The second kappa shape index (κ2) is 6.26. The molecule has 0 spiro atoms. The number of amides is 1. The molecule has 110 valence electrons. The summed E-state index contributed by atoms with van der Waals surface area (Å²) in [6.07, 6.45) is 0.368. The van der Waals surface area contributed by atoms with Crippen molar-refractivity contribution in [1.82, 2.24) is 10.2 Å². The number of nitrogens with one attached hydrogen (secondary N) is 2. The highest BCUT2D eigenvalue weighted by Gasteiger charge is 2.06. The van der Waals surface area contributed by atoms with E-state index in [0.29, 0.717) is 6.42 Å². The first-order chi connectivity index (χ1) is 10.7. The van der Waals surface area contributed by atoms with Crippen LogP contribution in [-0.2, 0) is 11.2 Å². The second-order valence-corrected chi connectivity index (χ2v) is 5.23. The zero-order valence-electron chi connectivity index (χ0n) is 12.3. The lowest BCUT2D eigenvalue weighted by atomic mass is 10.1. The molecule has 0 saturated carbocycles. The Hall–Kier alpha value is -2.88. The van der Waals surface area contributed by atoms with Crippen LogP contribution in [0.3, 0.4) is 0 Å². The highest BCUT2D eigenvalue weighted by molar-refractivity contribution is 5.92. The Morgan fingerprint density at radius 1 is 1.09 bits per heavy atom. The van der Waals surface area contributed by atoms with Crippen LogP contribution in [0.4, 0.5) is 5.69 Å². The van der Waals surface area contributed by atoms with E-state index in [1.54, 1.807) is 0 Å². The van der Waals surface area contributed by atoms with Crippen molar-refractivity contribution in [3.8, 4) is 11.3 Å². The molecule has 0 aliphatic rings. The predicted octanol–water partition coefficient (Wildman–Crippen LogP) is 3.57. The Morgan fingerprint density at radius 3 is 2.64 bits per heavy atom. The summed E-state index contributed by atoms with van der Waals surface area (Å²) < 4.78 is 0. The smallest absolute Gasteiger partial charge is 0.228 e.